The average Bonchev–Trinajstić information content (AvgIpc) is 3.06. The van der Waals surface area contributed by atoms with Crippen LogP contribution in [0.3, 0.4) is 0 Å². The Bertz CT molecular complexity index is 1200. The highest BCUT2D eigenvalue weighted by molar-refractivity contribution is 7.73. The van der Waals surface area contributed by atoms with E-state index in [-0.39, 0.29) is 0 Å². The first-order chi connectivity index (χ1) is 15.6. The number of fused-ring (bicyclic) bond motifs is 1. The van der Waals surface area contributed by atoms with Crippen LogP contribution in [0.1, 0.15) is 44.2 Å². The third-order valence-corrected chi connectivity index (χ3v) is 6.25. The summed E-state index contributed by atoms with van der Waals surface area (Å²) in [6, 6.07) is 15.8. The lowest BCUT2D eigenvalue weighted by atomic mass is 9.92. The van der Waals surface area contributed by atoms with Crippen molar-refractivity contribution in [3.63, 3.8) is 0 Å². The van der Waals surface area contributed by atoms with E-state index in [9.17, 15) is 13.7 Å². The molecule has 1 N–H and O–H groups in total. The van der Waals surface area contributed by atoms with Crippen molar-refractivity contribution in [1.29, 1.82) is 5.26 Å². The summed E-state index contributed by atoms with van der Waals surface area (Å²) in [5, 5.41) is 10.9. The summed E-state index contributed by atoms with van der Waals surface area (Å²) >= 11 is 0. The molecule has 4 rings (SSSR count). The molecule has 168 valence electrons. The van der Waals surface area contributed by atoms with Crippen molar-refractivity contribution >= 4 is 27.5 Å². The van der Waals surface area contributed by atoms with Crippen LogP contribution in [0.2, 0.25) is 0 Å². The van der Waals surface area contributed by atoms with Gasteiger partial charge in [-0.1, -0.05) is 12.1 Å². The Morgan fingerprint density at radius 1 is 1.16 bits per heavy atom. The molecule has 3 aromatic rings. The molecule has 1 aliphatic rings. The second-order valence-electron chi connectivity index (χ2n) is 7.81. The number of aromatic nitrogens is 1. The second kappa shape index (κ2) is 10.1. The molecule has 32 heavy (non-hydrogen) atoms. The van der Waals surface area contributed by atoms with Crippen LogP contribution in [0.4, 0.5) is 5.69 Å². The largest absolute Gasteiger partial charge is 0.493 e. The van der Waals surface area contributed by atoms with E-state index in [0.29, 0.717) is 37.1 Å². The molecule has 0 radical (unpaired) electrons. The molecular formula is C24H27N3O4S. The standard InChI is InChI=1S/C24H27N3O4S/c1-2-30-13-4-14-31-20-11-12-21-22(16-25)24(27(23(21)15-20)19-5-3-6-19)17-7-9-18(10-8-17)26-32(28)29/h7-12,15,19,32H,2-6,13-14H2,1H3,(H,26,28,29). The van der Waals surface area contributed by atoms with Gasteiger partial charge in [0.2, 0.25) is 10.9 Å². The summed E-state index contributed by atoms with van der Waals surface area (Å²) in [4.78, 5) is 0. The van der Waals surface area contributed by atoms with Crippen molar-refractivity contribution in [1.82, 2.24) is 4.57 Å². The van der Waals surface area contributed by atoms with Gasteiger partial charge in [-0.05, 0) is 56.0 Å². The Hall–Kier alpha value is -3.02. The zero-order chi connectivity index (χ0) is 22.5. The van der Waals surface area contributed by atoms with Crippen LogP contribution in [-0.2, 0) is 15.6 Å². The number of hydrogen-bond acceptors (Lipinski definition) is 5. The second-order valence-corrected chi connectivity index (χ2v) is 8.55. The number of nitriles is 1. The van der Waals surface area contributed by atoms with E-state index < -0.39 is 10.9 Å². The lowest BCUT2D eigenvalue weighted by Crippen LogP contribution is -2.17. The molecule has 0 spiro atoms. The number of anilines is 1. The number of hydrogen-bond donors (Lipinski definition) is 2. The number of benzene rings is 2. The minimum absolute atomic E-state index is 0.330. The topological polar surface area (TPSA) is 93.3 Å². The smallest absolute Gasteiger partial charge is 0.222 e. The number of ether oxygens (including phenoxy) is 2. The van der Waals surface area contributed by atoms with Crippen LogP contribution in [0.25, 0.3) is 22.2 Å². The molecule has 1 aliphatic carbocycles. The Morgan fingerprint density at radius 3 is 2.56 bits per heavy atom. The van der Waals surface area contributed by atoms with Gasteiger partial charge in [0.15, 0.2) is 0 Å². The first kappa shape index (κ1) is 22.2. The van der Waals surface area contributed by atoms with Crippen molar-refractivity contribution in [3.05, 3.63) is 48.0 Å². The molecule has 0 amide bonds. The van der Waals surface area contributed by atoms with Crippen molar-refractivity contribution in [2.75, 3.05) is 24.5 Å². The quantitative estimate of drug-likeness (QED) is 0.344. The summed E-state index contributed by atoms with van der Waals surface area (Å²) in [6.07, 6.45) is 4.12. The van der Waals surface area contributed by atoms with Gasteiger partial charge < -0.3 is 14.0 Å². The van der Waals surface area contributed by atoms with E-state index in [4.69, 9.17) is 9.47 Å². The molecule has 0 aliphatic heterocycles. The Balaban J connectivity index is 1.73. The van der Waals surface area contributed by atoms with E-state index in [1.807, 2.05) is 37.3 Å². The maximum Gasteiger partial charge on any atom is 0.222 e. The van der Waals surface area contributed by atoms with Gasteiger partial charge in [-0.2, -0.15) is 5.26 Å². The van der Waals surface area contributed by atoms with Gasteiger partial charge in [0.05, 0.1) is 23.4 Å². The van der Waals surface area contributed by atoms with E-state index >= 15 is 0 Å². The third kappa shape index (κ3) is 4.59. The summed E-state index contributed by atoms with van der Waals surface area (Å²) in [5.41, 5.74) is 3.88. The molecule has 8 heteroatoms. The van der Waals surface area contributed by atoms with E-state index in [1.165, 1.54) is 6.42 Å². The van der Waals surface area contributed by atoms with Crippen molar-refractivity contribution in [2.24, 2.45) is 0 Å². The molecule has 1 heterocycles. The number of thiol groups is 1. The van der Waals surface area contributed by atoms with E-state index in [0.717, 1.165) is 47.2 Å². The van der Waals surface area contributed by atoms with Gasteiger partial charge in [-0.25, -0.2) is 8.42 Å². The molecule has 0 atom stereocenters. The highest BCUT2D eigenvalue weighted by Crippen LogP contribution is 2.43. The summed E-state index contributed by atoms with van der Waals surface area (Å²) in [5.74, 6) is 0.780. The fourth-order valence-corrected chi connectivity index (χ4v) is 4.46. The molecule has 1 aromatic heterocycles. The van der Waals surface area contributed by atoms with E-state index in [1.54, 1.807) is 12.1 Å². The zero-order valence-electron chi connectivity index (χ0n) is 18.0. The van der Waals surface area contributed by atoms with Crippen LogP contribution in [0, 0.1) is 11.3 Å². The number of rotatable bonds is 10. The number of nitrogens with one attached hydrogen (secondary N) is 1. The van der Waals surface area contributed by atoms with Gasteiger partial charge >= 0.3 is 0 Å². The SMILES string of the molecule is CCOCCCOc1ccc2c(C#N)c(-c3ccc(N[SH](=O)=O)cc3)n(C3CCC3)c2c1. The van der Waals surface area contributed by atoms with Crippen molar-refractivity contribution < 1.29 is 17.9 Å². The van der Waals surface area contributed by atoms with Crippen LogP contribution in [-0.4, -0.2) is 32.8 Å². The van der Waals surface area contributed by atoms with E-state index in [2.05, 4.69) is 15.4 Å². The summed E-state index contributed by atoms with van der Waals surface area (Å²) in [7, 11) is -2.72. The maximum absolute atomic E-state index is 11.0. The molecule has 0 bridgehead atoms. The van der Waals surface area contributed by atoms with Crippen molar-refractivity contribution in [3.8, 4) is 23.1 Å². The maximum atomic E-state index is 11.0. The monoisotopic (exact) mass is 453 g/mol. The molecule has 0 saturated heterocycles. The molecule has 0 unspecified atom stereocenters. The lowest BCUT2D eigenvalue weighted by Gasteiger charge is -2.30. The van der Waals surface area contributed by atoms with Crippen LogP contribution in [0.15, 0.2) is 42.5 Å². The first-order valence-corrected chi connectivity index (χ1v) is 12.1. The Labute approximate surface area is 189 Å². The minimum Gasteiger partial charge on any atom is -0.493 e. The predicted octanol–water partition coefficient (Wildman–Crippen LogP) is 4.65. The van der Waals surface area contributed by atoms with Gasteiger partial charge in [-0.15, -0.1) is 0 Å². The average molecular weight is 454 g/mol. The molecule has 1 saturated carbocycles. The minimum atomic E-state index is -2.72. The molecule has 2 aromatic carbocycles. The first-order valence-electron chi connectivity index (χ1n) is 10.9. The highest BCUT2D eigenvalue weighted by atomic mass is 32.2. The molecule has 7 nitrogen and oxygen atoms in total. The fourth-order valence-electron chi connectivity index (χ4n) is 4.10. The van der Waals surface area contributed by atoms with Crippen LogP contribution < -0.4 is 9.46 Å². The zero-order valence-corrected chi connectivity index (χ0v) is 18.9. The van der Waals surface area contributed by atoms with Crippen molar-refractivity contribution in [2.45, 2.75) is 38.6 Å². The predicted molar refractivity (Wildman–Crippen MR) is 126 cm³/mol. The van der Waals surface area contributed by atoms with Gasteiger partial charge in [0, 0.05) is 42.8 Å². The Kier molecular flexibility index (Phi) is 6.98. The fraction of sp³-hybridized carbons (Fsp3) is 0.375. The normalized spacial score (nSPS) is 13.8. The third-order valence-electron chi connectivity index (χ3n) is 5.81. The van der Waals surface area contributed by atoms with Crippen LogP contribution in [0.5, 0.6) is 5.75 Å². The van der Waals surface area contributed by atoms with Gasteiger partial charge in [0.1, 0.15) is 11.8 Å². The summed E-state index contributed by atoms with van der Waals surface area (Å²) in [6.45, 7) is 3.92. The highest BCUT2D eigenvalue weighted by Gasteiger charge is 2.28. The summed E-state index contributed by atoms with van der Waals surface area (Å²) < 4.78 is 37.9. The van der Waals surface area contributed by atoms with Gasteiger partial charge in [-0.3, -0.25) is 4.72 Å². The lowest BCUT2D eigenvalue weighted by molar-refractivity contribution is 0.131. The van der Waals surface area contributed by atoms with Crippen LogP contribution >= 0.6 is 0 Å². The Morgan fingerprint density at radius 2 is 1.94 bits per heavy atom. The molecule has 1 fully saturated rings. The number of nitrogens with zero attached hydrogens (tertiary/aromatic N) is 2. The molecular weight excluding hydrogens is 426 g/mol. The van der Waals surface area contributed by atoms with Gasteiger partial charge in [0.25, 0.3) is 0 Å².